The van der Waals surface area contributed by atoms with Crippen LogP contribution < -0.4 is 5.43 Å². The van der Waals surface area contributed by atoms with Crippen molar-refractivity contribution in [2.24, 2.45) is 0 Å². The molecule has 0 bridgehead atoms. The van der Waals surface area contributed by atoms with Crippen LogP contribution in [0.3, 0.4) is 0 Å². The van der Waals surface area contributed by atoms with E-state index in [9.17, 15) is 8.42 Å². The lowest BCUT2D eigenvalue weighted by Gasteiger charge is -2.26. The number of nitrogens with zero attached hydrogens (tertiary/aromatic N) is 1. The number of rotatable bonds is 5. The van der Waals surface area contributed by atoms with Crippen molar-refractivity contribution < 1.29 is 8.42 Å². The van der Waals surface area contributed by atoms with Gasteiger partial charge in [-0.15, -0.1) is 0 Å². The second-order valence-electron chi connectivity index (χ2n) is 9.60. The lowest BCUT2D eigenvalue weighted by molar-refractivity contribution is 0.334. The highest BCUT2D eigenvalue weighted by Crippen LogP contribution is 2.29. The van der Waals surface area contributed by atoms with Crippen LogP contribution in [0.15, 0.2) is 83.8 Å². The van der Waals surface area contributed by atoms with E-state index in [-0.39, 0.29) is 5.41 Å². The SMILES string of the molecule is CC(C)(C)c1ccc(S(=O)(=O)C2Cc3ccccc3NN(CCc3ccccc3)C2)cc1. The number of anilines is 1. The molecule has 0 spiro atoms. The van der Waals surface area contributed by atoms with Crippen molar-refractivity contribution in [3.05, 3.63) is 95.6 Å². The number of hydrogen-bond acceptors (Lipinski definition) is 4. The second-order valence-corrected chi connectivity index (χ2v) is 11.8. The molecular formula is C27H32N2O2S. The average Bonchev–Trinajstić information content (AvgIpc) is 2.98. The molecule has 0 fully saturated rings. The van der Waals surface area contributed by atoms with E-state index in [1.165, 1.54) is 5.56 Å². The molecule has 1 aliphatic rings. The van der Waals surface area contributed by atoms with Gasteiger partial charge in [0.2, 0.25) is 0 Å². The number of hydrazine groups is 1. The molecule has 0 amide bonds. The van der Waals surface area contributed by atoms with Crippen LogP contribution >= 0.6 is 0 Å². The van der Waals surface area contributed by atoms with Gasteiger partial charge < -0.3 is 5.43 Å². The molecule has 0 saturated carbocycles. The van der Waals surface area contributed by atoms with Gasteiger partial charge in [0.1, 0.15) is 0 Å². The summed E-state index contributed by atoms with van der Waals surface area (Å²) in [5.74, 6) is 0. The Balaban J connectivity index is 1.61. The predicted molar refractivity (Wildman–Crippen MR) is 132 cm³/mol. The maximum Gasteiger partial charge on any atom is 0.182 e. The fourth-order valence-corrected chi connectivity index (χ4v) is 5.86. The van der Waals surface area contributed by atoms with Gasteiger partial charge in [0.15, 0.2) is 9.84 Å². The zero-order valence-electron chi connectivity index (χ0n) is 19.1. The van der Waals surface area contributed by atoms with Gasteiger partial charge in [-0.05, 0) is 53.1 Å². The van der Waals surface area contributed by atoms with Crippen molar-refractivity contribution in [1.82, 2.24) is 5.01 Å². The molecule has 1 heterocycles. The van der Waals surface area contributed by atoms with E-state index in [0.717, 1.165) is 29.8 Å². The number of benzene rings is 3. The third kappa shape index (κ3) is 5.05. The van der Waals surface area contributed by atoms with E-state index in [4.69, 9.17) is 0 Å². The summed E-state index contributed by atoms with van der Waals surface area (Å²) in [5.41, 5.74) is 7.87. The highest BCUT2D eigenvalue weighted by atomic mass is 32.2. The first-order valence-corrected chi connectivity index (χ1v) is 12.8. The van der Waals surface area contributed by atoms with Crippen molar-refractivity contribution >= 4 is 15.5 Å². The molecule has 0 saturated heterocycles. The average molecular weight is 449 g/mol. The van der Waals surface area contributed by atoms with Gasteiger partial charge in [0, 0.05) is 13.1 Å². The minimum atomic E-state index is -3.49. The fraction of sp³-hybridized carbons (Fsp3) is 0.333. The van der Waals surface area contributed by atoms with E-state index < -0.39 is 15.1 Å². The van der Waals surface area contributed by atoms with Crippen LogP contribution in [0.25, 0.3) is 0 Å². The summed E-state index contributed by atoms with van der Waals surface area (Å²) in [6, 6.07) is 25.7. The van der Waals surface area contributed by atoms with Crippen LogP contribution in [-0.4, -0.2) is 31.8 Å². The van der Waals surface area contributed by atoms with Gasteiger partial charge >= 0.3 is 0 Å². The van der Waals surface area contributed by atoms with Gasteiger partial charge in [0.05, 0.1) is 15.8 Å². The molecule has 4 rings (SSSR count). The lowest BCUT2D eigenvalue weighted by atomic mass is 9.87. The highest BCUT2D eigenvalue weighted by molar-refractivity contribution is 7.92. The minimum Gasteiger partial charge on any atom is -0.319 e. The van der Waals surface area contributed by atoms with E-state index in [0.29, 0.717) is 17.9 Å². The fourth-order valence-electron chi connectivity index (χ4n) is 4.18. The second kappa shape index (κ2) is 9.08. The Kier molecular flexibility index (Phi) is 6.40. The first kappa shape index (κ1) is 22.6. The van der Waals surface area contributed by atoms with Gasteiger partial charge in [-0.25, -0.2) is 13.4 Å². The van der Waals surface area contributed by atoms with Crippen molar-refractivity contribution in [3.8, 4) is 0 Å². The highest BCUT2D eigenvalue weighted by Gasteiger charge is 2.33. The van der Waals surface area contributed by atoms with Crippen LogP contribution in [0.2, 0.25) is 0 Å². The molecule has 1 aliphatic heterocycles. The molecule has 1 N–H and O–H groups in total. The van der Waals surface area contributed by atoms with E-state index >= 15 is 0 Å². The summed E-state index contributed by atoms with van der Waals surface area (Å²) in [7, 11) is -3.49. The number of para-hydroxylation sites is 1. The standard InChI is InChI=1S/C27H32N2O2S/c1-27(2,3)23-13-15-24(16-14-23)32(30,31)25-19-22-11-7-8-12-26(22)28-29(20-25)18-17-21-9-5-4-6-10-21/h4-16,25,28H,17-20H2,1-3H3. The number of hydrogen-bond donors (Lipinski definition) is 1. The summed E-state index contributed by atoms with van der Waals surface area (Å²) in [6.07, 6.45) is 1.34. The topological polar surface area (TPSA) is 49.4 Å². The lowest BCUT2D eigenvalue weighted by Crippen LogP contribution is -2.40. The molecule has 168 valence electrons. The quantitative estimate of drug-likeness (QED) is 0.579. The molecule has 3 aromatic carbocycles. The Morgan fingerprint density at radius 2 is 1.56 bits per heavy atom. The Morgan fingerprint density at radius 1 is 0.906 bits per heavy atom. The molecule has 0 aromatic heterocycles. The van der Waals surface area contributed by atoms with E-state index in [1.807, 2.05) is 54.6 Å². The maximum absolute atomic E-state index is 13.7. The first-order valence-electron chi connectivity index (χ1n) is 11.2. The Labute approximate surface area is 192 Å². The summed E-state index contributed by atoms with van der Waals surface area (Å²) >= 11 is 0. The van der Waals surface area contributed by atoms with Gasteiger partial charge in [-0.2, -0.15) is 0 Å². The molecule has 0 aliphatic carbocycles. The zero-order valence-corrected chi connectivity index (χ0v) is 19.9. The van der Waals surface area contributed by atoms with E-state index in [1.54, 1.807) is 12.1 Å². The summed E-state index contributed by atoms with van der Waals surface area (Å²) in [5, 5.41) is 1.54. The minimum absolute atomic E-state index is 0.0122. The molecule has 3 aromatic rings. The molecule has 5 heteroatoms. The molecule has 1 unspecified atom stereocenters. The smallest absolute Gasteiger partial charge is 0.182 e. The maximum atomic E-state index is 13.7. The summed E-state index contributed by atoms with van der Waals surface area (Å²) < 4.78 is 27.4. The van der Waals surface area contributed by atoms with Crippen LogP contribution in [0.1, 0.15) is 37.5 Å². The molecule has 1 atom stereocenters. The zero-order chi connectivity index (χ0) is 22.8. The summed E-state index contributed by atoms with van der Waals surface area (Å²) in [6.45, 7) is 7.57. The third-order valence-corrected chi connectivity index (χ3v) is 8.29. The Morgan fingerprint density at radius 3 is 2.25 bits per heavy atom. The molecule has 0 radical (unpaired) electrons. The van der Waals surface area contributed by atoms with Crippen molar-refractivity contribution in [1.29, 1.82) is 0 Å². The van der Waals surface area contributed by atoms with E-state index in [2.05, 4.69) is 43.3 Å². The van der Waals surface area contributed by atoms with Gasteiger partial charge in [0.25, 0.3) is 0 Å². The van der Waals surface area contributed by atoms with Crippen molar-refractivity contribution in [2.75, 3.05) is 18.5 Å². The molecular weight excluding hydrogens is 416 g/mol. The van der Waals surface area contributed by atoms with Gasteiger partial charge in [-0.1, -0.05) is 81.4 Å². The first-order chi connectivity index (χ1) is 15.2. The number of sulfone groups is 1. The van der Waals surface area contributed by atoms with Crippen LogP contribution in [0.4, 0.5) is 5.69 Å². The Hall–Kier alpha value is -2.63. The largest absolute Gasteiger partial charge is 0.319 e. The third-order valence-electron chi connectivity index (χ3n) is 6.17. The predicted octanol–water partition coefficient (Wildman–Crippen LogP) is 5.25. The number of fused-ring (bicyclic) bond motifs is 1. The monoisotopic (exact) mass is 448 g/mol. The number of nitrogens with one attached hydrogen (secondary N) is 1. The van der Waals surface area contributed by atoms with Gasteiger partial charge in [-0.3, -0.25) is 0 Å². The van der Waals surface area contributed by atoms with Crippen LogP contribution in [-0.2, 0) is 28.1 Å². The van der Waals surface area contributed by atoms with Crippen molar-refractivity contribution in [3.63, 3.8) is 0 Å². The van der Waals surface area contributed by atoms with Crippen molar-refractivity contribution in [2.45, 2.75) is 49.2 Å². The molecule has 32 heavy (non-hydrogen) atoms. The Bertz CT molecular complexity index is 1150. The van der Waals surface area contributed by atoms with Crippen LogP contribution in [0, 0.1) is 0 Å². The molecule has 4 nitrogen and oxygen atoms in total. The van der Waals surface area contributed by atoms with Crippen LogP contribution in [0.5, 0.6) is 0 Å². The normalized spacial score (nSPS) is 17.3. The summed E-state index contributed by atoms with van der Waals surface area (Å²) in [4.78, 5) is 0.401.